The van der Waals surface area contributed by atoms with Crippen LogP contribution in [0.3, 0.4) is 0 Å². The Morgan fingerprint density at radius 2 is 0.484 bits per heavy atom. The van der Waals surface area contributed by atoms with Gasteiger partial charge in [-0.3, -0.25) is 0 Å². The van der Waals surface area contributed by atoms with E-state index in [2.05, 4.69) is 132 Å². The van der Waals surface area contributed by atoms with Crippen LogP contribution in [-0.2, 0) is 21.7 Å². The molecule has 324 valence electrons. The molecule has 9 rings (SSSR count). The van der Waals surface area contributed by atoms with Crippen LogP contribution in [0.15, 0.2) is 151 Å². The molecule has 2 aromatic heterocycles. The predicted molar refractivity (Wildman–Crippen MR) is 255 cm³/mol. The Morgan fingerprint density at radius 3 is 0.656 bits per heavy atom. The normalized spacial score (nSPS) is 13.9. The van der Waals surface area contributed by atoms with Gasteiger partial charge in [0.25, 0.3) is 0 Å². The molecule has 0 atom stereocenters. The highest BCUT2D eigenvalue weighted by molar-refractivity contribution is 5.50. The number of hydrogen-bond acceptors (Lipinski definition) is 6. The lowest BCUT2D eigenvalue weighted by Crippen LogP contribution is -2.30. The van der Waals surface area contributed by atoms with Crippen LogP contribution in [0.4, 0.5) is 0 Å². The van der Waals surface area contributed by atoms with Crippen molar-refractivity contribution >= 4 is 11.6 Å². The second kappa shape index (κ2) is 14.8. The number of aromatic nitrogens is 4. The third kappa shape index (κ3) is 7.44. The highest BCUT2D eigenvalue weighted by Gasteiger charge is 2.24. The molecule has 2 aliphatic rings. The summed E-state index contributed by atoms with van der Waals surface area (Å²) in [5, 5.41) is 1.54. The Morgan fingerprint density at radius 1 is 0.297 bits per heavy atom. The molecule has 0 spiro atoms. The first-order valence-corrected chi connectivity index (χ1v) is 22.0. The van der Waals surface area contributed by atoms with Gasteiger partial charge in [0, 0.05) is 10.4 Å². The van der Waals surface area contributed by atoms with E-state index in [4.69, 9.17) is 20.0 Å². The molecule has 10 heteroatoms. The van der Waals surface area contributed by atoms with E-state index in [9.17, 15) is 9.59 Å². The van der Waals surface area contributed by atoms with Gasteiger partial charge in [-0.15, -0.1) is 0 Å². The van der Waals surface area contributed by atoms with Gasteiger partial charge < -0.3 is 0 Å². The molecule has 0 saturated heterocycles. The summed E-state index contributed by atoms with van der Waals surface area (Å²) >= 11 is 0. The fraction of sp³-hybridized carbons (Fsp3) is 0.296. The molecular weight excluding hydrogens is 793 g/mol. The van der Waals surface area contributed by atoms with Gasteiger partial charge in [0.1, 0.15) is 0 Å². The molecule has 64 heavy (non-hydrogen) atoms. The average Bonchev–Trinajstić information content (AvgIpc) is 3.98. The molecule has 10 nitrogen and oxygen atoms in total. The van der Waals surface area contributed by atoms with Crippen LogP contribution in [0, 0.1) is 0 Å². The summed E-state index contributed by atoms with van der Waals surface area (Å²) in [7, 11) is 0. The van der Waals surface area contributed by atoms with Crippen LogP contribution in [0.2, 0.25) is 0 Å². The standard InChI is InChI=1S/C54H56N8O2/c1-51(2,3)35-17-25-39(26-18-35)59-45-46(60(49(59)63)40-27-19-36(20-28-40)52(4,5)6)56-43(55-45)33-13-15-34(16-14-33)44-57-47-48(58-44)62(42-31-23-38(24-32-42)54(10,11)12)50(64)61(47)41-29-21-37(22-30-41)53(7,8)9/h13-32H,1-12H3. The van der Waals surface area contributed by atoms with Crippen LogP contribution in [0.1, 0.15) is 105 Å². The highest BCUT2D eigenvalue weighted by atomic mass is 16.2. The summed E-state index contributed by atoms with van der Waals surface area (Å²) in [6.07, 6.45) is 0. The maximum Gasteiger partial charge on any atom is 0.340 e. The van der Waals surface area contributed by atoms with E-state index in [0.29, 0.717) is 56.3 Å². The van der Waals surface area contributed by atoms with Crippen LogP contribution in [0.5, 0.6) is 0 Å². The molecular formula is C54H56N8O2. The summed E-state index contributed by atoms with van der Waals surface area (Å²) in [6, 6.07) is 40.2. The topological polar surface area (TPSA) is 103 Å². The Bertz CT molecular complexity index is 3060. The van der Waals surface area contributed by atoms with Gasteiger partial charge in [0.2, 0.25) is 0 Å². The molecule has 0 bridgehead atoms. The monoisotopic (exact) mass is 848 g/mol. The Hall–Kier alpha value is -6.94. The van der Waals surface area contributed by atoms with Crippen molar-refractivity contribution in [3.05, 3.63) is 197 Å². The molecule has 4 heterocycles. The van der Waals surface area contributed by atoms with E-state index in [1.54, 1.807) is 18.3 Å². The first-order valence-electron chi connectivity index (χ1n) is 22.0. The number of hydrogen-bond donors (Lipinski definition) is 0. The minimum absolute atomic E-state index is 0.0422. The van der Waals surface area contributed by atoms with Gasteiger partial charge in [-0.2, -0.15) is 0 Å². The fourth-order valence-electron chi connectivity index (χ4n) is 8.21. The number of benzene rings is 5. The van der Waals surface area contributed by atoms with Gasteiger partial charge in [0.15, 0.2) is 33.6 Å². The summed E-state index contributed by atoms with van der Waals surface area (Å²) in [4.78, 5) is 48.9. The predicted octanol–water partition coefficient (Wildman–Crippen LogP) is 6.80. The van der Waals surface area contributed by atoms with E-state index in [1.807, 2.05) is 72.8 Å². The minimum atomic E-state index is -0.239. The van der Waals surface area contributed by atoms with Crippen molar-refractivity contribution in [1.29, 1.82) is 0 Å². The lowest BCUT2D eigenvalue weighted by atomic mass is 9.87. The van der Waals surface area contributed by atoms with E-state index >= 15 is 0 Å². The largest absolute Gasteiger partial charge is 0.340 e. The summed E-state index contributed by atoms with van der Waals surface area (Å²) < 4.78 is 6.59. The fourth-order valence-corrected chi connectivity index (χ4v) is 8.21. The van der Waals surface area contributed by atoms with Crippen molar-refractivity contribution in [2.75, 3.05) is 0 Å². The van der Waals surface area contributed by atoms with E-state index in [-0.39, 0.29) is 33.0 Å². The average molecular weight is 849 g/mol. The van der Waals surface area contributed by atoms with Gasteiger partial charge in [-0.25, -0.2) is 47.8 Å². The van der Waals surface area contributed by atoms with Crippen LogP contribution in [0.25, 0.3) is 34.4 Å². The zero-order chi connectivity index (χ0) is 45.7. The Balaban J connectivity index is 1.20. The first-order chi connectivity index (χ1) is 30.1. The maximum absolute atomic E-state index is 14.4. The number of rotatable bonds is 4. The Kier molecular flexibility index (Phi) is 9.82. The molecule has 0 saturated carbocycles. The van der Waals surface area contributed by atoms with Crippen LogP contribution >= 0.6 is 0 Å². The van der Waals surface area contributed by atoms with Gasteiger partial charge in [0.05, 0.1) is 22.7 Å². The summed E-state index contributed by atoms with van der Waals surface area (Å²) in [6.45, 7) is 26.1. The summed E-state index contributed by atoms with van der Waals surface area (Å²) in [5.74, 6) is 0.978. The number of fused-ring (bicyclic) bond motifs is 2. The minimum Gasteiger partial charge on any atom is -0.247 e. The SMILES string of the molecule is CC(C)(C)c1ccc(-n2c3c(n(-c4ccc(C(C)(C)C)cc4)c2=O)=NC(=c2ccc(=C4N=c5c(n(-c6ccc(C(C)(C)C)cc6)c(=O)n5-c5ccc(C(C)(C)C)cc5)=N4)cc2)N=3)cc1. The molecule has 5 aromatic carbocycles. The van der Waals surface area contributed by atoms with Crippen molar-refractivity contribution in [1.82, 2.24) is 18.3 Å². The molecule has 0 amide bonds. The third-order valence-corrected chi connectivity index (χ3v) is 12.2. The van der Waals surface area contributed by atoms with E-state index in [0.717, 1.165) is 10.4 Å². The quantitative estimate of drug-likeness (QED) is 0.195. The third-order valence-electron chi connectivity index (χ3n) is 12.2. The highest BCUT2D eigenvalue weighted by Crippen LogP contribution is 2.26. The van der Waals surface area contributed by atoms with E-state index < -0.39 is 0 Å². The van der Waals surface area contributed by atoms with Crippen molar-refractivity contribution in [3.8, 4) is 22.7 Å². The second-order valence-corrected chi connectivity index (χ2v) is 21.1. The maximum atomic E-state index is 14.4. The Labute approximate surface area is 373 Å². The summed E-state index contributed by atoms with van der Waals surface area (Å²) in [5.41, 5.74) is 8.78. The molecule has 0 aliphatic carbocycles. The van der Waals surface area contributed by atoms with Crippen LogP contribution in [-0.4, -0.2) is 18.3 Å². The first kappa shape index (κ1) is 42.4. The lowest BCUT2D eigenvalue weighted by Gasteiger charge is -2.19. The van der Waals surface area contributed by atoms with Crippen molar-refractivity contribution < 1.29 is 0 Å². The van der Waals surface area contributed by atoms with Crippen molar-refractivity contribution in [3.63, 3.8) is 0 Å². The molecule has 0 radical (unpaired) electrons. The molecule has 0 fully saturated rings. The van der Waals surface area contributed by atoms with Crippen molar-refractivity contribution in [2.45, 2.75) is 105 Å². The van der Waals surface area contributed by atoms with Crippen molar-refractivity contribution in [2.24, 2.45) is 20.0 Å². The number of nitrogens with zero attached hydrogens (tertiary/aromatic N) is 8. The molecule has 0 N–H and O–H groups in total. The smallest absolute Gasteiger partial charge is 0.247 e. The van der Waals surface area contributed by atoms with Gasteiger partial charge >= 0.3 is 11.4 Å². The zero-order valence-corrected chi connectivity index (χ0v) is 38.9. The number of imidazole rings is 2. The van der Waals surface area contributed by atoms with Gasteiger partial charge in [-0.05, 0) is 92.4 Å². The zero-order valence-electron chi connectivity index (χ0n) is 38.9. The molecule has 0 unspecified atom stereocenters. The second-order valence-electron chi connectivity index (χ2n) is 21.1. The van der Waals surface area contributed by atoms with Crippen LogP contribution < -0.4 is 43.8 Å². The van der Waals surface area contributed by atoms with Gasteiger partial charge in [-0.1, -0.05) is 156 Å². The molecule has 7 aromatic rings. The lowest BCUT2D eigenvalue weighted by molar-refractivity contribution is 0.589. The van der Waals surface area contributed by atoms with E-state index in [1.165, 1.54) is 22.3 Å². The molecule has 2 aliphatic heterocycles.